The van der Waals surface area contributed by atoms with Crippen LogP contribution in [0, 0.1) is 0 Å². The molecule has 2 rings (SSSR count). The molecule has 0 saturated carbocycles. The molecule has 1 atom stereocenters. The first-order valence-electron chi connectivity index (χ1n) is 8.14. The number of rotatable bonds is 7. The highest BCUT2D eigenvalue weighted by Gasteiger charge is 2.42. The minimum absolute atomic E-state index is 0.0123. The molecule has 1 aliphatic heterocycles. The molecule has 0 aliphatic carbocycles. The fraction of sp³-hybridized carbons (Fsp3) is 0.556. The number of carbonyl (C=O) groups excluding carboxylic acids is 1. The van der Waals surface area contributed by atoms with E-state index in [2.05, 4.69) is 6.92 Å². The van der Waals surface area contributed by atoms with Crippen LogP contribution in [-0.2, 0) is 16.0 Å². The number of hydrogen-bond acceptors (Lipinski definition) is 3. The van der Waals surface area contributed by atoms with Gasteiger partial charge in [-0.3, -0.25) is 4.79 Å². The van der Waals surface area contributed by atoms with Crippen LogP contribution >= 0.6 is 0 Å². The Morgan fingerprint density at radius 2 is 2.09 bits per heavy atom. The lowest BCUT2D eigenvalue weighted by atomic mass is 9.91. The Labute approximate surface area is 137 Å². The van der Waals surface area contributed by atoms with Gasteiger partial charge in [0.15, 0.2) is 0 Å². The van der Waals surface area contributed by atoms with Crippen LogP contribution < -0.4 is 0 Å². The summed E-state index contributed by atoms with van der Waals surface area (Å²) >= 11 is 0. The minimum Gasteiger partial charge on any atom is -0.478 e. The van der Waals surface area contributed by atoms with Gasteiger partial charge in [0, 0.05) is 13.7 Å². The van der Waals surface area contributed by atoms with Gasteiger partial charge in [0.05, 0.1) is 24.1 Å². The van der Waals surface area contributed by atoms with E-state index in [4.69, 9.17) is 4.74 Å². The first-order chi connectivity index (χ1) is 11.0. The van der Waals surface area contributed by atoms with Crippen molar-refractivity contribution >= 4 is 11.9 Å². The van der Waals surface area contributed by atoms with Gasteiger partial charge in [0.2, 0.25) is 5.91 Å². The average molecular weight is 319 g/mol. The fourth-order valence-corrected chi connectivity index (χ4v) is 3.69. The van der Waals surface area contributed by atoms with E-state index in [1.807, 2.05) is 4.90 Å². The van der Waals surface area contributed by atoms with Gasteiger partial charge in [-0.2, -0.15) is 0 Å². The molecule has 1 aliphatic rings. The normalized spacial score (nSPS) is 20.7. The predicted molar refractivity (Wildman–Crippen MR) is 87.6 cm³/mol. The van der Waals surface area contributed by atoms with E-state index >= 15 is 0 Å². The molecule has 1 aromatic carbocycles. The maximum Gasteiger partial charge on any atom is 0.335 e. The lowest BCUT2D eigenvalue weighted by molar-refractivity contribution is -0.137. The predicted octanol–water partition coefficient (Wildman–Crippen LogP) is 2.74. The molecular weight excluding hydrogens is 294 g/mol. The maximum atomic E-state index is 12.8. The van der Waals surface area contributed by atoms with Crippen LogP contribution in [0.25, 0.3) is 0 Å². The number of hydrogen-bond donors (Lipinski definition) is 1. The summed E-state index contributed by atoms with van der Waals surface area (Å²) in [7, 11) is 1.66. The molecule has 0 spiro atoms. The zero-order chi connectivity index (χ0) is 16.9. The second-order valence-corrected chi connectivity index (χ2v) is 6.20. The number of nitrogens with zero attached hydrogens (tertiary/aromatic N) is 1. The lowest BCUT2D eigenvalue weighted by Gasteiger charge is -2.38. The number of methoxy groups -OCH3 is 1. The SMILES string of the molecule is CCCC1(COC)CCCN1C(=O)Cc1ccccc1C(=O)O. The zero-order valence-corrected chi connectivity index (χ0v) is 13.9. The number of carboxylic acids is 1. The Kier molecular flexibility index (Phi) is 5.77. The summed E-state index contributed by atoms with van der Waals surface area (Å²) < 4.78 is 5.39. The summed E-state index contributed by atoms with van der Waals surface area (Å²) in [6.07, 6.45) is 3.93. The zero-order valence-electron chi connectivity index (χ0n) is 13.9. The molecule has 126 valence electrons. The van der Waals surface area contributed by atoms with Crippen molar-refractivity contribution < 1.29 is 19.4 Å². The summed E-state index contributed by atoms with van der Waals surface area (Å²) in [6, 6.07) is 6.71. The number of aromatic carboxylic acids is 1. The number of carbonyl (C=O) groups is 2. The van der Waals surface area contributed by atoms with Crippen LogP contribution in [0.2, 0.25) is 0 Å². The topological polar surface area (TPSA) is 66.8 Å². The van der Waals surface area contributed by atoms with Gasteiger partial charge in [0.25, 0.3) is 0 Å². The Balaban J connectivity index is 2.21. The quantitative estimate of drug-likeness (QED) is 0.839. The Morgan fingerprint density at radius 1 is 1.35 bits per heavy atom. The van der Waals surface area contributed by atoms with Gasteiger partial charge in [-0.25, -0.2) is 4.79 Å². The number of ether oxygens (including phenoxy) is 1. The van der Waals surface area contributed by atoms with Gasteiger partial charge < -0.3 is 14.7 Å². The van der Waals surface area contributed by atoms with Crippen molar-refractivity contribution in [2.75, 3.05) is 20.3 Å². The number of benzene rings is 1. The van der Waals surface area contributed by atoms with E-state index in [1.54, 1.807) is 31.4 Å². The Morgan fingerprint density at radius 3 is 2.74 bits per heavy atom. The van der Waals surface area contributed by atoms with E-state index in [0.29, 0.717) is 12.2 Å². The summed E-state index contributed by atoms with van der Waals surface area (Å²) in [4.78, 5) is 26.1. The van der Waals surface area contributed by atoms with Crippen LogP contribution in [0.4, 0.5) is 0 Å². The molecule has 1 aromatic rings. The number of likely N-dealkylation sites (tertiary alicyclic amines) is 1. The average Bonchev–Trinajstić information content (AvgIpc) is 2.92. The van der Waals surface area contributed by atoms with Crippen LogP contribution in [0.3, 0.4) is 0 Å². The molecule has 1 saturated heterocycles. The van der Waals surface area contributed by atoms with Crippen molar-refractivity contribution in [3.63, 3.8) is 0 Å². The molecule has 0 bridgehead atoms. The van der Waals surface area contributed by atoms with Gasteiger partial charge in [-0.15, -0.1) is 0 Å². The van der Waals surface area contributed by atoms with E-state index in [-0.39, 0.29) is 23.4 Å². The van der Waals surface area contributed by atoms with Crippen LogP contribution in [0.5, 0.6) is 0 Å². The van der Waals surface area contributed by atoms with Crippen LogP contribution in [0.1, 0.15) is 48.5 Å². The van der Waals surface area contributed by atoms with Crippen molar-refractivity contribution in [2.24, 2.45) is 0 Å². The van der Waals surface area contributed by atoms with Crippen molar-refractivity contribution in [1.29, 1.82) is 0 Å². The molecule has 5 heteroatoms. The molecule has 0 aromatic heterocycles. The number of amides is 1. The van der Waals surface area contributed by atoms with Crippen molar-refractivity contribution in [3.8, 4) is 0 Å². The second-order valence-electron chi connectivity index (χ2n) is 6.20. The third kappa shape index (κ3) is 3.72. The van der Waals surface area contributed by atoms with Gasteiger partial charge >= 0.3 is 5.97 Å². The van der Waals surface area contributed by atoms with Crippen molar-refractivity contribution in [1.82, 2.24) is 4.90 Å². The summed E-state index contributed by atoms with van der Waals surface area (Å²) in [5, 5.41) is 9.27. The largest absolute Gasteiger partial charge is 0.478 e. The molecular formula is C18H25NO4. The van der Waals surface area contributed by atoms with E-state index in [0.717, 1.165) is 32.2 Å². The molecule has 0 radical (unpaired) electrons. The van der Waals surface area contributed by atoms with Crippen LogP contribution in [-0.4, -0.2) is 47.7 Å². The first-order valence-corrected chi connectivity index (χ1v) is 8.14. The Hall–Kier alpha value is -1.88. The third-order valence-electron chi connectivity index (χ3n) is 4.62. The molecule has 5 nitrogen and oxygen atoms in total. The maximum absolute atomic E-state index is 12.8. The number of carboxylic acid groups (broad SMARTS) is 1. The standard InChI is InChI=1S/C18H25NO4/c1-3-9-18(13-23-2)10-6-11-19(18)16(20)12-14-7-4-5-8-15(14)17(21)22/h4-5,7-8H,3,6,9-13H2,1-2H3,(H,21,22). The lowest BCUT2D eigenvalue weighted by Crippen LogP contribution is -2.51. The highest BCUT2D eigenvalue weighted by atomic mass is 16.5. The van der Waals surface area contributed by atoms with Crippen LogP contribution in [0.15, 0.2) is 24.3 Å². The highest BCUT2D eigenvalue weighted by molar-refractivity contribution is 5.91. The molecule has 23 heavy (non-hydrogen) atoms. The van der Waals surface area contributed by atoms with Gasteiger partial charge in [-0.1, -0.05) is 31.5 Å². The monoisotopic (exact) mass is 319 g/mol. The van der Waals surface area contributed by atoms with E-state index in [1.165, 1.54) is 0 Å². The first kappa shape index (κ1) is 17.5. The molecule has 1 amide bonds. The summed E-state index contributed by atoms with van der Waals surface area (Å²) in [6.45, 7) is 3.36. The minimum atomic E-state index is -0.994. The third-order valence-corrected chi connectivity index (χ3v) is 4.62. The molecule has 1 unspecified atom stereocenters. The summed E-state index contributed by atoms with van der Waals surface area (Å²) in [5.41, 5.74) is 0.534. The van der Waals surface area contributed by atoms with E-state index in [9.17, 15) is 14.7 Å². The molecule has 1 heterocycles. The molecule has 1 N–H and O–H groups in total. The highest BCUT2D eigenvalue weighted by Crippen LogP contribution is 2.34. The van der Waals surface area contributed by atoms with Crippen molar-refractivity contribution in [2.45, 2.75) is 44.6 Å². The van der Waals surface area contributed by atoms with Crippen molar-refractivity contribution in [3.05, 3.63) is 35.4 Å². The molecule has 1 fully saturated rings. The Bertz CT molecular complexity index is 564. The fourth-order valence-electron chi connectivity index (χ4n) is 3.69. The van der Waals surface area contributed by atoms with E-state index < -0.39 is 5.97 Å². The summed E-state index contributed by atoms with van der Waals surface area (Å²) in [5.74, 6) is -1.01. The van der Waals surface area contributed by atoms with Gasteiger partial charge in [-0.05, 0) is 30.9 Å². The smallest absolute Gasteiger partial charge is 0.335 e. The van der Waals surface area contributed by atoms with Gasteiger partial charge in [0.1, 0.15) is 0 Å². The second kappa shape index (κ2) is 7.59.